The molecule has 0 saturated heterocycles. The summed E-state index contributed by atoms with van der Waals surface area (Å²) in [6, 6.07) is 0. The number of esters is 1. The second-order valence-electron chi connectivity index (χ2n) is 3.55. The average Bonchev–Trinajstić information content (AvgIpc) is 2.05. The molecule has 80 valence electrons. The van der Waals surface area contributed by atoms with Gasteiger partial charge in [0.25, 0.3) is 0 Å². The minimum Gasteiger partial charge on any atom is -1.00 e. The molecule has 14 heavy (non-hydrogen) atoms. The van der Waals surface area contributed by atoms with E-state index in [1.54, 1.807) is 0 Å². The summed E-state index contributed by atoms with van der Waals surface area (Å²) in [5.74, 6) is -0.0330. The molecule has 2 nitrogen and oxygen atoms in total. The van der Waals surface area contributed by atoms with E-state index < -0.39 is 0 Å². The van der Waals surface area contributed by atoms with Gasteiger partial charge in [0.2, 0.25) is 0 Å². The predicted molar refractivity (Wildman–Crippen MR) is 55.7 cm³/mol. The molecule has 0 N–H and O–H groups in total. The third kappa shape index (κ3) is 11.2. The summed E-state index contributed by atoms with van der Waals surface area (Å²) in [5.41, 5.74) is 0. The summed E-state index contributed by atoms with van der Waals surface area (Å²) in [6.07, 6.45) is 5.97. The van der Waals surface area contributed by atoms with E-state index in [1.807, 2.05) is 6.92 Å². The molecule has 0 aliphatic rings. The minimum absolute atomic E-state index is 0. The molecule has 0 aromatic rings. The van der Waals surface area contributed by atoms with Crippen molar-refractivity contribution < 1.29 is 62.3 Å². The molecular weight excluding hydrogens is 203 g/mol. The quantitative estimate of drug-likeness (QED) is 0.357. The first-order chi connectivity index (χ1) is 6.20. The summed E-state index contributed by atoms with van der Waals surface area (Å²) in [4.78, 5) is 11.2. The van der Waals surface area contributed by atoms with E-state index >= 15 is 0 Å². The zero-order valence-corrected chi connectivity index (χ0v) is 13.3. The van der Waals surface area contributed by atoms with Gasteiger partial charge in [0, 0.05) is 6.42 Å². The monoisotopic (exact) mass is 226 g/mol. The molecule has 0 spiro atoms. The van der Waals surface area contributed by atoms with Crippen molar-refractivity contribution in [1.82, 2.24) is 0 Å². The molecule has 0 aromatic heterocycles. The normalized spacial score (nSPS) is 11.6. The minimum atomic E-state index is -0.0330. The third-order valence-corrected chi connectivity index (χ3v) is 2.01. The Balaban J connectivity index is -0.000000720. The molecule has 0 amide bonds. The first-order valence-electron chi connectivity index (χ1n) is 5.40. The molecule has 0 fully saturated rings. The van der Waals surface area contributed by atoms with Gasteiger partial charge >= 0.3 is 57.4 Å². The number of carbonyl (C=O) groups is 1. The second-order valence-corrected chi connectivity index (χ2v) is 3.55. The van der Waals surface area contributed by atoms with E-state index in [9.17, 15) is 4.79 Å². The number of unbranched alkanes of at least 4 members (excludes halogenated alkanes) is 2. The van der Waals surface area contributed by atoms with E-state index in [4.69, 9.17) is 4.74 Å². The Labute approximate surface area is 132 Å². The fourth-order valence-electron chi connectivity index (χ4n) is 1.27. The SMILES string of the molecule is CCCCCC(=O)OC(C)CCC.[H-].[K+]. The molecule has 0 aromatic carbocycles. The van der Waals surface area contributed by atoms with Gasteiger partial charge in [0.1, 0.15) is 0 Å². The first-order valence-corrected chi connectivity index (χ1v) is 5.40. The fraction of sp³-hybridized carbons (Fsp3) is 0.909. The van der Waals surface area contributed by atoms with Gasteiger partial charge in [-0.05, 0) is 19.8 Å². The smallest absolute Gasteiger partial charge is 1.00 e. The van der Waals surface area contributed by atoms with Gasteiger partial charge < -0.3 is 6.16 Å². The van der Waals surface area contributed by atoms with Crippen LogP contribution in [0.4, 0.5) is 0 Å². The Kier molecular flexibility index (Phi) is 15.2. The second kappa shape index (κ2) is 12.2. The van der Waals surface area contributed by atoms with Crippen LogP contribution in [0.15, 0.2) is 0 Å². The molecule has 3 heteroatoms. The molecule has 0 saturated carbocycles. The van der Waals surface area contributed by atoms with Gasteiger partial charge in [0.05, 0.1) is 6.10 Å². The molecule has 0 heterocycles. The zero-order valence-electron chi connectivity index (χ0n) is 11.1. The van der Waals surface area contributed by atoms with Crippen LogP contribution in [0.2, 0.25) is 0 Å². The number of rotatable bonds is 7. The van der Waals surface area contributed by atoms with Crippen molar-refractivity contribution in [3.8, 4) is 0 Å². The van der Waals surface area contributed by atoms with Gasteiger partial charge in [-0.15, -0.1) is 0 Å². The van der Waals surface area contributed by atoms with Gasteiger partial charge in [-0.25, -0.2) is 0 Å². The van der Waals surface area contributed by atoms with Crippen LogP contribution in [0, 0.1) is 0 Å². The van der Waals surface area contributed by atoms with Crippen molar-refractivity contribution in [2.45, 2.75) is 65.4 Å². The molecule has 0 aliphatic heterocycles. The van der Waals surface area contributed by atoms with Crippen LogP contribution < -0.4 is 51.4 Å². The standard InChI is InChI=1S/C11H22O2.K.H/c1-4-6-7-9-11(12)13-10(3)8-5-2;;/h10H,4-9H2,1-3H3;;/q;+1;-1. The van der Waals surface area contributed by atoms with Crippen molar-refractivity contribution >= 4 is 5.97 Å². The number of hydrogen-bond acceptors (Lipinski definition) is 2. The van der Waals surface area contributed by atoms with Crippen molar-refractivity contribution in [2.24, 2.45) is 0 Å². The van der Waals surface area contributed by atoms with Crippen molar-refractivity contribution in [3.05, 3.63) is 0 Å². The average molecular weight is 226 g/mol. The molecule has 0 aliphatic carbocycles. The van der Waals surface area contributed by atoms with Crippen molar-refractivity contribution in [3.63, 3.8) is 0 Å². The maximum absolute atomic E-state index is 11.2. The summed E-state index contributed by atoms with van der Waals surface area (Å²) in [7, 11) is 0. The molecule has 0 rings (SSSR count). The largest absolute Gasteiger partial charge is 1.00 e. The van der Waals surface area contributed by atoms with Crippen LogP contribution in [0.5, 0.6) is 0 Å². The number of hydrogen-bond donors (Lipinski definition) is 0. The number of carbonyl (C=O) groups excluding carboxylic acids is 1. The van der Waals surface area contributed by atoms with E-state index in [1.165, 1.54) is 0 Å². The summed E-state index contributed by atoms with van der Waals surface area (Å²) in [5, 5.41) is 0. The van der Waals surface area contributed by atoms with Crippen molar-refractivity contribution in [1.29, 1.82) is 0 Å². The van der Waals surface area contributed by atoms with Gasteiger partial charge in [-0.3, -0.25) is 4.79 Å². The van der Waals surface area contributed by atoms with Gasteiger partial charge in [0.15, 0.2) is 0 Å². The van der Waals surface area contributed by atoms with E-state index in [0.29, 0.717) is 6.42 Å². The summed E-state index contributed by atoms with van der Waals surface area (Å²) < 4.78 is 5.20. The summed E-state index contributed by atoms with van der Waals surface area (Å²) >= 11 is 0. The van der Waals surface area contributed by atoms with Gasteiger partial charge in [-0.1, -0.05) is 33.1 Å². The van der Waals surface area contributed by atoms with E-state index in [-0.39, 0.29) is 64.9 Å². The Bertz CT molecular complexity index is 143. The summed E-state index contributed by atoms with van der Waals surface area (Å²) in [6.45, 7) is 6.19. The Morgan fingerprint density at radius 1 is 1.29 bits per heavy atom. The Morgan fingerprint density at radius 3 is 2.43 bits per heavy atom. The van der Waals surface area contributed by atoms with Crippen LogP contribution >= 0.6 is 0 Å². The van der Waals surface area contributed by atoms with Gasteiger partial charge in [-0.2, -0.15) is 0 Å². The molecular formula is C11H23KO2. The van der Waals surface area contributed by atoms with Crippen LogP contribution in [-0.4, -0.2) is 12.1 Å². The molecule has 0 bridgehead atoms. The molecule has 0 radical (unpaired) electrons. The maximum Gasteiger partial charge on any atom is 1.00 e. The molecule has 1 unspecified atom stereocenters. The van der Waals surface area contributed by atoms with E-state index in [0.717, 1.165) is 32.1 Å². The first kappa shape index (κ1) is 17.5. The van der Waals surface area contributed by atoms with Crippen LogP contribution in [-0.2, 0) is 9.53 Å². The van der Waals surface area contributed by atoms with Crippen LogP contribution in [0.1, 0.15) is 60.7 Å². The number of ether oxygens (including phenoxy) is 1. The van der Waals surface area contributed by atoms with Crippen molar-refractivity contribution in [2.75, 3.05) is 0 Å². The van der Waals surface area contributed by atoms with E-state index in [2.05, 4.69) is 13.8 Å². The molecule has 1 atom stereocenters. The Hall–Kier alpha value is 1.11. The van der Waals surface area contributed by atoms with Crippen LogP contribution in [0.25, 0.3) is 0 Å². The Morgan fingerprint density at radius 2 is 1.93 bits per heavy atom. The third-order valence-electron chi connectivity index (χ3n) is 2.01. The topological polar surface area (TPSA) is 26.3 Å². The maximum atomic E-state index is 11.2. The predicted octanol–water partition coefficient (Wildman–Crippen LogP) is 0.415. The fourth-order valence-corrected chi connectivity index (χ4v) is 1.27. The zero-order chi connectivity index (χ0) is 10.1. The van der Waals surface area contributed by atoms with Crippen LogP contribution in [0.3, 0.4) is 0 Å².